The Labute approximate surface area is 226 Å². The largest absolute Gasteiger partial charge is 0.493 e. The molecule has 1 saturated heterocycles. The number of benzene rings is 2. The lowest BCUT2D eigenvalue weighted by atomic mass is 10.1. The SMILES string of the molecule is COc1cc(C(=O)N(C/C(C)=C/c2ccc(F)cc2F)CC2CCCN2CC2=CCCC2)ccc1OC(F)F. The van der Waals surface area contributed by atoms with E-state index in [-0.39, 0.29) is 41.1 Å². The highest BCUT2D eigenvalue weighted by Gasteiger charge is 2.30. The zero-order chi connectivity index (χ0) is 27.9. The molecule has 1 heterocycles. The van der Waals surface area contributed by atoms with Crippen LogP contribution in [0, 0.1) is 11.6 Å². The summed E-state index contributed by atoms with van der Waals surface area (Å²) in [4.78, 5) is 17.9. The molecule has 1 amide bonds. The number of hydrogen-bond acceptors (Lipinski definition) is 4. The molecule has 0 bridgehead atoms. The summed E-state index contributed by atoms with van der Waals surface area (Å²) in [6, 6.07) is 7.64. The average molecular weight is 547 g/mol. The minimum atomic E-state index is -3.03. The predicted molar refractivity (Wildman–Crippen MR) is 142 cm³/mol. The fourth-order valence-corrected chi connectivity index (χ4v) is 5.33. The van der Waals surface area contributed by atoms with Gasteiger partial charge < -0.3 is 14.4 Å². The van der Waals surface area contributed by atoms with Gasteiger partial charge in [0, 0.05) is 42.9 Å². The number of nitrogens with zero attached hydrogens (tertiary/aromatic N) is 2. The highest BCUT2D eigenvalue weighted by atomic mass is 19.3. The molecule has 1 aliphatic heterocycles. The molecule has 1 fully saturated rings. The van der Waals surface area contributed by atoms with Crippen molar-refractivity contribution >= 4 is 12.0 Å². The quantitative estimate of drug-likeness (QED) is 0.233. The van der Waals surface area contributed by atoms with Gasteiger partial charge in [0.15, 0.2) is 11.5 Å². The standard InChI is InChI=1S/C30H34F4N2O3/c1-20(14-22-9-11-24(31)16-26(22)32)17-36(19-25-8-5-13-35(25)18-21-6-3-4-7-21)29(37)23-10-12-27(39-30(33)34)28(15-23)38-2/h6,9-12,14-16,25,30H,3-5,7-8,13,17-19H2,1-2H3/b20-14+. The molecule has 2 aromatic rings. The Morgan fingerprint density at radius 1 is 1.15 bits per heavy atom. The number of allylic oxidation sites excluding steroid dienone is 1. The van der Waals surface area contributed by atoms with Gasteiger partial charge in [-0.1, -0.05) is 23.3 Å². The van der Waals surface area contributed by atoms with E-state index in [9.17, 15) is 22.4 Å². The first-order chi connectivity index (χ1) is 18.7. The van der Waals surface area contributed by atoms with Gasteiger partial charge in [-0.3, -0.25) is 9.69 Å². The van der Waals surface area contributed by atoms with Gasteiger partial charge in [-0.15, -0.1) is 0 Å². The number of rotatable bonds is 11. The van der Waals surface area contributed by atoms with Crippen molar-refractivity contribution in [3.05, 3.63) is 76.4 Å². The maximum absolute atomic E-state index is 14.3. The highest BCUT2D eigenvalue weighted by Crippen LogP contribution is 2.31. The summed E-state index contributed by atoms with van der Waals surface area (Å²) in [6.45, 7) is 1.25. The lowest BCUT2D eigenvalue weighted by Crippen LogP contribution is -2.44. The van der Waals surface area contributed by atoms with Gasteiger partial charge in [-0.2, -0.15) is 8.78 Å². The molecule has 0 N–H and O–H groups in total. The van der Waals surface area contributed by atoms with Crippen LogP contribution in [-0.4, -0.2) is 61.6 Å². The van der Waals surface area contributed by atoms with E-state index >= 15 is 0 Å². The minimum Gasteiger partial charge on any atom is -0.493 e. The van der Waals surface area contributed by atoms with Gasteiger partial charge in [0.05, 0.1) is 7.11 Å². The summed E-state index contributed by atoms with van der Waals surface area (Å²) in [5.41, 5.74) is 2.63. The third-order valence-electron chi connectivity index (χ3n) is 7.19. The van der Waals surface area contributed by atoms with Crippen molar-refractivity contribution in [2.75, 3.05) is 33.3 Å². The minimum absolute atomic E-state index is 0.0254. The summed E-state index contributed by atoms with van der Waals surface area (Å²) >= 11 is 0. The summed E-state index contributed by atoms with van der Waals surface area (Å²) in [6.07, 6.45) is 9.26. The second kappa shape index (κ2) is 13.2. The summed E-state index contributed by atoms with van der Waals surface area (Å²) in [5.74, 6) is -1.79. The number of carbonyl (C=O) groups is 1. The Hall–Kier alpha value is -3.33. The molecule has 2 aliphatic rings. The van der Waals surface area contributed by atoms with Crippen LogP contribution in [0.2, 0.25) is 0 Å². The van der Waals surface area contributed by atoms with Crippen LogP contribution in [0.1, 0.15) is 54.9 Å². The van der Waals surface area contributed by atoms with Gasteiger partial charge in [0.25, 0.3) is 5.91 Å². The molecule has 210 valence electrons. The number of amides is 1. The molecule has 1 aliphatic carbocycles. The van der Waals surface area contributed by atoms with Gasteiger partial charge in [-0.05, 0) is 75.9 Å². The molecule has 1 unspecified atom stereocenters. The van der Waals surface area contributed by atoms with Crippen molar-refractivity contribution in [2.24, 2.45) is 0 Å². The van der Waals surface area contributed by atoms with E-state index in [1.54, 1.807) is 17.9 Å². The summed E-state index contributed by atoms with van der Waals surface area (Å²) in [5, 5.41) is 0. The third-order valence-corrected chi connectivity index (χ3v) is 7.19. The molecule has 0 saturated carbocycles. The maximum Gasteiger partial charge on any atom is 0.387 e. The van der Waals surface area contributed by atoms with E-state index in [0.717, 1.165) is 44.8 Å². The van der Waals surface area contributed by atoms with Gasteiger partial charge in [0.2, 0.25) is 0 Å². The van der Waals surface area contributed by atoms with Crippen LogP contribution in [0.15, 0.2) is 53.6 Å². The Balaban J connectivity index is 1.59. The number of hydrogen-bond donors (Lipinski definition) is 0. The van der Waals surface area contributed by atoms with Crippen LogP contribution >= 0.6 is 0 Å². The zero-order valence-electron chi connectivity index (χ0n) is 22.3. The Morgan fingerprint density at radius 2 is 1.97 bits per heavy atom. The molecular formula is C30H34F4N2O3. The topological polar surface area (TPSA) is 42.0 Å². The number of carbonyl (C=O) groups excluding carboxylic acids is 1. The number of methoxy groups -OCH3 is 1. The van der Waals surface area contributed by atoms with Crippen LogP contribution in [0.4, 0.5) is 17.6 Å². The molecule has 0 spiro atoms. The number of ether oxygens (including phenoxy) is 2. The molecule has 4 rings (SSSR count). The first-order valence-electron chi connectivity index (χ1n) is 13.2. The molecule has 1 atom stereocenters. The van der Waals surface area contributed by atoms with Gasteiger partial charge in [0.1, 0.15) is 11.6 Å². The van der Waals surface area contributed by atoms with E-state index in [4.69, 9.17) is 4.74 Å². The van der Waals surface area contributed by atoms with Gasteiger partial charge in [-0.25, -0.2) is 8.78 Å². The second-order valence-electron chi connectivity index (χ2n) is 10.1. The monoisotopic (exact) mass is 546 g/mol. The van der Waals surface area contributed by atoms with Crippen molar-refractivity contribution in [3.8, 4) is 11.5 Å². The molecule has 2 aromatic carbocycles. The number of alkyl halides is 2. The number of halogens is 4. The Kier molecular flexibility index (Phi) is 9.67. The second-order valence-corrected chi connectivity index (χ2v) is 10.1. The van der Waals surface area contributed by atoms with Crippen LogP contribution in [0.5, 0.6) is 11.5 Å². The van der Waals surface area contributed by atoms with Crippen molar-refractivity contribution in [2.45, 2.75) is 51.7 Å². The smallest absolute Gasteiger partial charge is 0.387 e. The van der Waals surface area contributed by atoms with Crippen molar-refractivity contribution in [1.29, 1.82) is 0 Å². The predicted octanol–water partition coefficient (Wildman–Crippen LogP) is 6.70. The van der Waals surface area contributed by atoms with E-state index in [1.807, 2.05) is 0 Å². The molecule has 0 aromatic heterocycles. The molecule has 9 heteroatoms. The molecule has 39 heavy (non-hydrogen) atoms. The lowest BCUT2D eigenvalue weighted by Gasteiger charge is -2.32. The van der Waals surface area contributed by atoms with E-state index in [0.29, 0.717) is 12.1 Å². The summed E-state index contributed by atoms with van der Waals surface area (Å²) < 4.78 is 63.0. The first kappa shape index (κ1) is 28.7. The lowest BCUT2D eigenvalue weighted by molar-refractivity contribution is -0.0512. The fraction of sp³-hybridized carbons (Fsp3) is 0.433. The fourth-order valence-electron chi connectivity index (χ4n) is 5.33. The van der Waals surface area contributed by atoms with Crippen LogP contribution < -0.4 is 9.47 Å². The van der Waals surface area contributed by atoms with Crippen molar-refractivity contribution in [3.63, 3.8) is 0 Å². The zero-order valence-corrected chi connectivity index (χ0v) is 22.3. The highest BCUT2D eigenvalue weighted by molar-refractivity contribution is 5.95. The van der Waals surface area contributed by atoms with E-state index < -0.39 is 18.2 Å². The van der Waals surface area contributed by atoms with Gasteiger partial charge >= 0.3 is 6.61 Å². The Bertz CT molecular complexity index is 1230. The van der Waals surface area contributed by atoms with E-state index in [1.165, 1.54) is 49.4 Å². The molecular weight excluding hydrogens is 512 g/mol. The van der Waals surface area contributed by atoms with Crippen LogP contribution in [0.3, 0.4) is 0 Å². The van der Waals surface area contributed by atoms with Crippen LogP contribution in [0.25, 0.3) is 6.08 Å². The van der Waals surface area contributed by atoms with E-state index in [2.05, 4.69) is 15.7 Å². The first-order valence-corrected chi connectivity index (χ1v) is 13.2. The molecule has 0 radical (unpaired) electrons. The van der Waals surface area contributed by atoms with Crippen molar-refractivity contribution in [1.82, 2.24) is 9.80 Å². The third kappa shape index (κ3) is 7.62. The Morgan fingerprint density at radius 3 is 2.67 bits per heavy atom. The summed E-state index contributed by atoms with van der Waals surface area (Å²) in [7, 11) is 1.32. The number of likely N-dealkylation sites (tertiary alicyclic amines) is 1. The van der Waals surface area contributed by atoms with Crippen molar-refractivity contribution < 1.29 is 31.8 Å². The maximum atomic E-state index is 14.3. The normalized spacial score (nSPS) is 18.0. The molecule has 5 nitrogen and oxygen atoms in total. The van der Waals surface area contributed by atoms with Crippen LogP contribution in [-0.2, 0) is 0 Å². The average Bonchev–Trinajstić information content (AvgIpc) is 3.57.